The van der Waals surface area contributed by atoms with Gasteiger partial charge in [0.1, 0.15) is 25.3 Å². The van der Waals surface area contributed by atoms with Crippen LogP contribution in [0, 0.1) is 6.92 Å². The molecule has 0 bridgehead atoms. The number of nitrogens with zero attached hydrogens (tertiary/aromatic N) is 21. The monoisotopic (exact) mass is 1110 g/mol. The molecule has 0 radical (unpaired) electrons. The lowest BCUT2D eigenvalue weighted by atomic mass is 10.4. The predicted molar refractivity (Wildman–Crippen MR) is 334 cm³/mol. The highest BCUT2D eigenvalue weighted by Crippen LogP contribution is 2.03. The van der Waals surface area contributed by atoms with Crippen LogP contribution in [0.5, 0.6) is 0 Å². The summed E-state index contributed by atoms with van der Waals surface area (Å²) in [5, 5.41) is 42.1. The van der Waals surface area contributed by atoms with Crippen LogP contribution in [0.15, 0.2) is 112 Å². The molecule has 0 aromatic carbocycles. The van der Waals surface area contributed by atoms with E-state index in [1.54, 1.807) is 75.3 Å². The molecule has 0 fully saturated rings. The van der Waals surface area contributed by atoms with E-state index in [1.807, 2.05) is 184 Å². The van der Waals surface area contributed by atoms with Crippen LogP contribution in [0.4, 0.5) is 0 Å². The fraction of sp³-hybridized carbons (Fsp3) is 0.672. The zero-order valence-electron chi connectivity index (χ0n) is 55.9. The number of tetrazole rings is 1. The molecule has 0 aliphatic carbocycles. The molecule has 0 saturated heterocycles. The van der Waals surface area contributed by atoms with Crippen LogP contribution in [-0.4, -0.2) is 104 Å². The van der Waals surface area contributed by atoms with Crippen LogP contribution < -0.4 is 0 Å². The van der Waals surface area contributed by atoms with Gasteiger partial charge < -0.3 is 13.7 Å². The Hall–Kier alpha value is -6.67. The molecule has 0 amide bonds. The molecule has 79 heavy (non-hydrogen) atoms. The lowest BCUT2D eigenvalue weighted by Crippen LogP contribution is -2.04. The quantitative estimate of drug-likeness (QED) is 0.139. The first-order chi connectivity index (χ1) is 37.8. The van der Waals surface area contributed by atoms with E-state index in [2.05, 4.69) is 171 Å². The molecule has 0 N–H and O–H groups in total. The summed E-state index contributed by atoms with van der Waals surface area (Å²) in [6, 6.07) is 9.67. The van der Waals surface area contributed by atoms with Gasteiger partial charge in [-0.25, -0.2) is 9.97 Å². The van der Waals surface area contributed by atoms with Crippen molar-refractivity contribution in [1.29, 1.82) is 0 Å². The van der Waals surface area contributed by atoms with Crippen molar-refractivity contribution in [1.82, 2.24) is 104 Å². The predicted octanol–water partition coefficient (Wildman–Crippen LogP) is 16.2. The number of imidazole rings is 1. The van der Waals surface area contributed by atoms with E-state index in [0.29, 0.717) is 48.3 Å². The standard InChI is InChI=1S/C7H11N.2C6H10N2.C5H10N4.4C5H9N3.7C2H6/c1-7(2)8-5-3-4-6-8;1-6(2)8-4-3-7-5-8;1-6(2)8-5-3-4-7-8;1-4(2)9-7-5(3)6-8-9;1-5(2)8-3-6-7-4-8;1-5(2)8-4-6-3-7-8;1-5(2)8-4-3-6-7-8;1-5(2)8-6-3-4-7-8;7*1-2/h3-7H,1-2H3;2*3-6H,1-2H3;4H,1-3H3;4*3-5H,1-2H3;7*1-2H3. The summed E-state index contributed by atoms with van der Waals surface area (Å²) in [6.45, 7) is 63.2. The molecule has 0 aliphatic heterocycles. The third kappa shape index (κ3) is 49.4. The molecule has 8 aromatic rings. The Morgan fingerprint density at radius 1 is 0.316 bits per heavy atom. The highest BCUT2D eigenvalue weighted by Gasteiger charge is 2.00. The molecule has 21 heteroatoms. The van der Waals surface area contributed by atoms with Gasteiger partial charge in [0.25, 0.3) is 0 Å². The second kappa shape index (κ2) is 62.2. The van der Waals surface area contributed by atoms with E-state index in [1.165, 1.54) is 0 Å². The Bertz CT molecular complexity index is 1750. The molecule has 21 nitrogen and oxygen atoms in total. The van der Waals surface area contributed by atoms with E-state index >= 15 is 0 Å². The number of aromatic nitrogens is 21. The topological polar surface area (TPSA) is 207 Å². The molecule has 0 atom stereocenters. The van der Waals surface area contributed by atoms with Crippen molar-refractivity contribution >= 4 is 0 Å². The van der Waals surface area contributed by atoms with Crippen LogP contribution in [0.25, 0.3) is 0 Å². The van der Waals surface area contributed by atoms with Crippen molar-refractivity contribution in [3.05, 3.63) is 118 Å². The number of rotatable bonds is 8. The first kappa shape index (κ1) is 86.2. The fourth-order valence-corrected chi connectivity index (χ4v) is 4.32. The first-order valence-electron chi connectivity index (χ1n) is 29.1. The molecule has 456 valence electrons. The minimum Gasteiger partial charge on any atom is -0.352 e. The average molecular weight is 1110 g/mol. The largest absolute Gasteiger partial charge is 0.352 e. The summed E-state index contributed by atoms with van der Waals surface area (Å²) in [6.07, 6.45) is 27.1. The second-order valence-corrected chi connectivity index (χ2v) is 16.6. The van der Waals surface area contributed by atoms with Gasteiger partial charge in [0.2, 0.25) is 0 Å². The van der Waals surface area contributed by atoms with Crippen molar-refractivity contribution < 1.29 is 0 Å². The molecule has 8 rings (SSSR count). The van der Waals surface area contributed by atoms with Crippen LogP contribution in [0.2, 0.25) is 0 Å². The first-order valence-corrected chi connectivity index (χ1v) is 29.1. The van der Waals surface area contributed by atoms with Crippen molar-refractivity contribution in [3.63, 3.8) is 0 Å². The van der Waals surface area contributed by atoms with Gasteiger partial charge in [-0.2, -0.15) is 30.0 Å². The molecular weight excluding hydrogens is 991 g/mol. The summed E-state index contributed by atoms with van der Waals surface area (Å²) >= 11 is 0. The Balaban J connectivity index is -0.000000145. The zero-order chi connectivity index (χ0) is 62.7. The van der Waals surface area contributed by atoms with E-state index in [9.17, 15) is 0 Å². The van der Waals surface area contributed by atoms with Crippen LogP contribution >= 0.6 is 0 Å². The Kier molecular flexibility index (Phi) is 67.9. The van der Waals surface area contributed by atoms with Crippen LogP contribution in [-0.2, 0) is 0 Å². The van der Waals surface area contributed by atoms with Crippen LogP contribution in [0.3, 0.4) is 0 Å². The Labute approximate surface area is 482 Å². The third-order valence-corrected chi connectivity index (χ3v) is 8.26. The van der Waals surface area contributed by atoms with Crippen LogP contribution in [0.1, 0.15) is 262 Å². The van der Waals surface area contributed by atoms with Gasteiger partial charge in [-0.3, -0.25) is 14.0 Å². The molecule has 0 unspecified atom stereocenters. The van der Waals surface area contributed by atoms with E-state index in [-0.39, 0.29) is 0 Å². The third-order valence-electron chi connectivity index (χ3n) is 8.26. The summed E-state index contributed by atoms with van der Waals surface area (Å²) < 4.78 is 11.7. The average Bonchev–Trinajstić information content (AvgIpc) is 4.32. The van der Waals surface area contributed by atoms with Gasteiger partial charge in [0, 0.05) is 79.6 Å². The Morgan fingerprint density at radius 2 is 0.785 bits per heavy atom. The summed E-state index contributed by atoms with van der Waals surface area (Å²) in [5.74, 6) is 0.726. The van der Waals surface area contributed by atoms with Gasteiger partial charge in [-0.05, 0) is 141 Å². The maximum atomic E-state index is 4.03. The van der Waals surface area contributed by atoms with E-state index in [0.717, 1.165) is 5.82 Å². The van der Waals surface area contributed by atoms with Crippen molar-refractivity contribution in [2.24, 2.45) is 0 Å². The number of hydrogen-bond donors (Lipinski definition) is 0. The number of hydrogen-bond acceptors (Lipinski definition) is 13. The SMILES string of the molecule is CC.CC.CC.CC.CC.CC.CC.CC(C)n1cccc1.CC(C)n1cccn1.CC(C)n1ccnc1.CC(C)n1ccnn1.CC(C)n1cncn1.CC(C)n1cnnc1.CC(C)n1nccn1.Cc1nnn(C(C)C)n1. The smallest absolute Gasteiger partial charge is 0.171 e. The molecule has 0 spiro atoms. The minimum absolute atomic E-state index is 0.311. The second-order valence-electron chi connectivity index (χ2n) is 16.6. The fourth-order valence-electron chi connectivity index (χ4n) is 4.32. The molecule has 8 aromatic heterocycles. The van der Waals surface area contributed by atoms with Gasteiger partial charge in [-0.15, -0.1) is 25.5 Å². The maximum absolute atomic E-state index is 4.03. The normalized spacial score (nSPS) is 9.10. The van der Waals surface area contributed by atoms with Crippen molar-refractivity contribution in [2.75, 3.05) is 0 Å². The lowest BCUT2D eigenvalue weighted by Gasteiger charge is -2.03. The van der Waals surface area contributed by atoms with Gasteiger partial charge in [0.15, 0.2) is 5.82 Å². The highest BCUT2D eigenvalue weighted by atomic mass is 15.6. The molecular formula is C58H119N21. The van der Waals surface area contributed by atoms with Gasteiger partial charge >= 0.3 is 0 Å². The van der Waals surface area contributed by atoms with Gasteiger partial charge in [-0.1, -0.05) is 102 Å². The van der Waals surface area contributed by atoms with Gasteiger partial charge in [0.05, 0.1) is 37.0 Å². The molecule has 0 saturated carbocycles. The number of aryl methyl sites for hydroxylation is 1. The molecule has 0 aliphatic rings. The summed E-state index contributed by atoms with van der Waals surface area (Å²) in [7, 11) is 0. The summed E-state index contributed by atoms with van der Waals surface area (Å²) in [4.78, 5) is 11.0. The summed E-state index contributed by atoms with van der Waals surface area (Å²) in [5.41, 5.74) is 0. The highest BCUT2D eigenvalue weighted by molar-refractivity contribution is 4.91. The lowest BCUT2D eigenvalue weighted by molar-refractivity contribution is 0.454. The maximum Gasteiger partial charge on any atom is 0.171 e. The van der Waals surface area contributed by atoms with E-state index in [4.69, 9.17) is 0 Å². The zero-order valence-corrected chi connectivity index (χ0v) is 55.9. The van der Waals surface area contributed by atoms with Crippen molar-refractivity contribution in [3.8, 4) is 0 Å². The minimum atomic E-state index is 0.311. The van der Waals surface area contributed by atoms with E-state index < -0.39 is 0 Å². The Morgan fingerprint density at radius 3 is 0.987 bits per heavy atom. The van der Waals surface area contributed by atoms with Crippen molar-refractivity contribution in [2.45, 2.75) is 263 Å². The molecule has 8 heterocycles.